The van der Waals surface area contributed by atoms with Gasteiger partial charge in [0.15, 0.2) is 5.82 Å². The number of ether oxygens (including phenoxy) is 1. The second kappa shape index (κ2) is 6.08. The lowest BCUT2D eigenvalue weighted by Gasteiger charge is -2.08. The van der Waals surface area contributed by atoms with Crippen molar-refractivity contribution in [2.24, 2.45) is 0 Å². The first-order chi connectivity index (χ1) is 12.7. The van der Waals surface area contributed by atoms with Crippen LogP contribution >= 0.6 is 0 Å². The molecule has 0 atom stereocenters. The number of nitrogens with two attached hydrogens (primary N) is 1. The van der Waals surface area contributed by atoms with Gasteiger partial charge in [-0.2, -0.15) is 4.98 Å². The van der Waals surface area contributed by atoms with Crippen molar-refractivity contribution in [1.82, 2.24) is 19.7 Å². The minimum absolute atomic E-state index is 0.0918. The Kier molecular flexibility index (Phi) is 3.47. The lowest BCUT2D eigenvalue weighted by molar-refractivity contribution is 0.415. The average molecular weight is 338 g/mol. The van der Waals surface area contributed by atoms with Crippen LogP contribution in [0, 0.1) is 6.92 Å². The van der Waals surface area contributed by atoms with Crippen molar-refractivity contribution in [3.63, 3.8) is 0 Å². The summed E-state index contributed by atoms with van der Waals surface area (Å²) in [4.78, 5) is 8.50. The molecule has 2 N–H and O–H groups in total. The molecule has 0 unspecified atom stereocenters. The number of aryl methyl sites for hydroxylation is 3. The molecule has 7 heteroatoms. The van der Waals surface area contributed by atoms with Crippen LogP contribution in [0.3, 0.4) is 0 Å². The summed E-state index contributed by atoms with van der Waals surface area (Å²) in [5, 5.41) is 6.15. The fourth-order valence-corrected chi connectivity index (χ4v) is 3.29. The number of anilines is 1. The molecule has 25 heavy (non-hydrogen) atoms. The zero-order valence-electron chi connectivity index (χ0n) is 14.9. The Morgan fingerprint density at radius 2 is 2.24 bits per heavy atom. The quantitative estimate of drug-likeness (QED) is 0.601. The molecule has 0 saturated heterocycles. The largest absolute Gasteiger partial charge is 0.497 e. The number of aromatic nitrogens is 4. The van der Waals surface area contributed by atoms with Crippen molar-refractivity contribution in [3.05, 3.63) is 42.0 Å². The molecule has 0 aliphatic heterocycles. The van der Waals surface area contributed by atoms with Gasteiger partial charge in [-0.05, 0) is 31.5 Å². The van der Waals surface area contributed by atoms with E-state index in [-0.39, 0.29) is 13.1 Å². The van der Waals surface area contributed by atoms with Crippen molar-refractivity contribution in [1.29, 1.82) is 0 Å². The van der Waals surface area contributed by atoms with Crippen molar-refractivity contribution >= 4 is 27.8 Å². The van der Waals surface area contributed by atoms with Crippen LogP contribution < -0.4 is 10.5 Å². The van der Waals surface area contributed by atoms with Crippen molar-refractivity contribution in [2.45, 2.75) is 26.3 Å². The van der Waals surface area contributed by atoms with Crippen LogP contribution in [0.1, 0.15) is 19.3 Å². The van der Waals surface area contributed by atoms with Crippen molar-refractivity contribution < 1.29 is 10.6 Å². The van der Waals surface area contributed by atoms with Crippen molar-refractivity contribution in [3.8, 4) is 5.75 Å². The molecule has 7 nitrogen and oxygen atoms in total. The van der Waals surface area contributed by atoms with Gasteiger partial charge in [-0.3, -0.25) is 4.98 Å². The molecule has 0 spiro atoms. The number of hydrogen-bond acceptors (Lipinski definition) is 6. The molecule has 0 fully saturated rings. The van der Waals surface area contributed by atoms with Crippen LogP contribution in [0.15, 0.2) is 35.0 Å². The first-order valence-electron chi connectivity index (χ1n) is 8.75. The maximum atomic E-state index is 7.28. The SMILES string of the molecule is [2H]COc1ccc2c3ccnc(C)c3n(CCCc3noc(N)n3)c2c1. The number of fused-ring (bicyclic) bond motifs is 3. The molecule has 0 bridgehead atoms. The highest BCUT2D eigenvalue weighted by Crippen LogP contribution is 2.32. The van der Waals surface area contributed by atoms with Crippen LogP contribution in [0.5, 0.6) is 5.75 Å². The average Bonchev–Trinajstić information content (AvgIpc) is 3.18. The van der Waals surface area contributed by atoms with Gasteiger partial charge in [0.2, 0.25) is 0 Å². The lowest BCUT2D eigenvalue weighted by atomic mass is 10.1. The predicted octanol–water partition coefficient (Wildman–Crippen LogP) is 3.10. The summed E-state index contributed by atoms with van der Waals surface area (Å²) in [6, 6.07) is 8.05. The molecule has 3 aromatic heterocycles. The number of nitrogens with zero attached hydrogens (tertiary/aromatic N) is 4. The highest BCUT2D eigenvalue weighted by Gasteiger charge is 2.14. The monoisotopic (exact) mass is 338 g/mol. The first kappa shape index (κ1) is 14.3. The van der Waals surface area contributed by atoms with Crippen LogP contribution in [0.2, 0.25) is 0 Å². The lowest BCUT2D eigenvalue weighted by Crippen LogP contribution is -2.02. The van der Waals surface area contributed by atoms with Gasteiger partial charge in [0.1, 0.15) is 5.75 Å². The molecule has 3 heterocycles. The molecular weight excluding hydrogens is 318 g/mol. The Balaban J connectivity index is 1.74. The molecule has 4 aromatic rings. The van der Waals surface area contributed by atoms with Gasteiger partial charge in [0.25, 0.3) is 0 Å². The fourth-order valence-electron chi connectivity index (χ4n) is 3.29. The summed E-state index contributed by atoms with van der Waals surface area (Å²) in [7, 11) is -0.106. The highest BCUT2D eigenvalue weighted by molar-refractivity contribution is 6.09. The Bertz CT molecular complexity index is 1070. The normalized spacial score (nSPS) is 12.0. The highest BCUT2D eigenvalue weighted by atomic mass is 16.5. The summed E-state index contributed by atoms with van der Waals surface area (Å²) >= 11 is 0. The third-order valence-electron chi connectivity index (χ3n) is 4.36. The summed E-state index contributed by atoms with van der Waals surface area (Å²) in [5.41, 5.74) is 8.63. The number of rotatable bonds is 5. The van der Waals surface area contributed by atoms with Gasteiger partial charge in [0, 0.05) is 36.0 Å². The third-order valence-corrected chi connectivity index (χ3v) is 4.36. The zero-order valence-corrected chi connectivity index (χ0v) is 13.9. The van der Waals surface area contributed by atoms with E-state index in [1.54, 1.807) is 0 Å². The predicted molar refractivity (Wildman–Crippen MR) is 95.6 cm³/mol. The van der Waals surface area contributed by atoms with E-state index < -0.39 is 0 Å². The molecule has 0 radical (unpaired) electrons. The minimum atomic E-state index is -0.106. The van der Waals surface area contributed by atoms with Gasteiger partial charge in [-0.15, -0.1) is 0 Å². The number of benzene rings is 1. The number of hydrogen-bond donors (Lipinski definition) is 1. The van der Waals surface area contributed by atoms with E-state index in [0.717, 1.165) is 40.5 Å². The first-order valence-corrected chi connectivity index (χ1v) is 8.05. The molecule has 0 saturated carbocycles. The summed E-state index contributed by atoms with van der Waals surface area (Å²) in [6.45, 7) is 2.78. The van der Waals surface area contributed by atoms with E-state index in [4.69, 9.17) is 16.4 Å². The topological polar surface area (TPSA) is 92.0 Å². The maximum Gasteiger partial charge on any atom is 0.318 e. The van der Waals surface area contributed by atoms with Crippen LogP contribution in [-0.2, 0) is 13.0 Å². The van der Waals surface area contributed by atoms with Crippen LogP contribution in [-0.4, -0.2) is 26.8 Å². The van der Waals surface area contributed by atoms with E-state index >= 15 is 0 Å². The molecule has 0 amide bonds. The molecule has 0 aliphatic carbocycles. The van der Waals surface area contributed by atoms with E-state index in [2.05, 4.69) is 19.7 Å². The number of methoxy groups -OCH3 is 1. The summed E-state index contributed by atoms with van der Waals surface area (Å²) in [5.74, 6) is 1.30. The Morgan fingerprint density at radius 3 is 3.04 bits per heavy atom. The molecular formula is C18H19N5O2. The van der Waals surface area contributed by atoms with E-state index in [0.29, 0.717) is 18.0 Å². The van der Waals surface area contributed by atoms with E-state index in [9.17, 15) is 0 Å². The van der Waals surface area contributed by atoms with Gasteiger partial charge < -0.3 is 19.6 Å². The third kappa shape index (κ3) is 2.67. The van der Waals surface area contributed by atoms with E-state index in [1.807, 2.05) is 37.4 Å². The minimum Gasteiger partial charge on any atom is -0.497 e. The Labute approximate surface area is 145 Å². The molecule has 128 valence electrons. The number of nitrogen functional groups attached to an aromatic ring is 1. The van der Waals surface area contributed by atoms with Gasteiger partial charge in [0.05, 0.1) is 25.2 Å². The number of pyridine rings is 1. The Morgan fingerprint density at radius 1 is 1.32 bits per heavy atom. The molecule has 1 aromatic carbocycles. The van der Waals surface area contributed by atoms with Gasteiger partial charge in [-0.1, -0.05) is 5.16 Å². The van der Waals surface area contributed by atoms with Gasteiger partial charge >= 0.3 is 6.01 Å². The second-order valence-electron chi connectivity index (χ2n) is 5.92. The molecule has 0 aliphatic rings. The van der Waals surface area contributed by atoms with Crippen LogP contribution in [0.25, 0.3) is 21.8 Å². The van der Waals surface area contributed by atoms with E-state index in [1.165, 1.54) is 0 Å². The standard InChI is InChI=1S/C18H19N5O2/c1-11-17-14(7-8-20-11)13-6-5-12(24-2)10-15(13)23(17)9-3-4-16-21-18(19)25-22-16/h5-8,10H,3-4,9H2,1-2H3,(H2,19,21,22)/i2D. The second-order valence-corrected chi connectivity index (χ2v) is 5.92. The van der Waals surface area contributed by atoms with Crippen LogP contribution in [0.4, 0.5) is 6.01 Å². The Hall–Kier alpha value is -3.09. The van der Waals surface area contributed by atoms with Gasteiger partial charge in [-0.25, -0.2) is 0 Å². The summed E-state index contributed by atoms with van der Waals surface area (Å²) < 4.78 is 19.7. The maximum absolute atomic E-state index is 7.28. The van der Waals surface area contributed by atoms with Crippen molar-refractivity contribution in [2.75, 3.05) is 12.8 Å². The smallest absolute Gasteiger partial charge is 0.318 e. The molecule has 4 rings (SSSR count). The fraction of sp³-hybridized carbons (Fsp3) is 0.278. The zero-order chi connectivity index (χ0) is 18.1. The summed E-state index contributed by atoms with van der Waals surface area (Å²) in [6.07, 6.45) is 3.33.